The SMILES string of the molecule is Cc1[nH]cnc1CN1CCc2[nH]cnc2[C@H]1c1ccc(F)cc1Cl. The molecule has 124 valence electrons. The predicted molar refractivity (Wildman–Crippen MR) is 89.3 cm³/mol. The highest BCUT2D eigenvalue weighted by Gasteiger charge is 2.32. The number of fused-ring (bicyclic) bond motifs is 1. The van der Waals surface area contributed by atoms with Crippen molar-refractivity contribution in [2.75, 3.05) is 6.54 Å². The highest BCUT2D eigenvalue weighted by molar-refractivity contribution is 6.31. The number of aromatic amines is 2. The summed E-state index contributed by atoms with van der Waals surface area (Å²) >= 11 is 6.35. The van der Waals surface area contributed by atoms with Crippen LogP contribution in [-0.4, -0.2) is 31.4 Å². The van der Waals surface area contributed by atoms with Crippen molar-refractivity contribution in [3.05, 3.63) is 70.0 Å². The summed E-state index contributed by atoms with van der Waals surface area (Å²) in [5.41, 5.74) is 4.96. The molecule has 1 atom stereocenters. The van der Waals surface area contributed by atoms with E-state index in [0.717, 1.165) is 41.3 Å². The molecule has 1 aliphatic heterocycles. The number of hydrogen-bond acceptors (Lipinski definition) is 3. The maximum Gasteiger partial charge on any atom is 0.124 e. The Bertz CT molecular complexity index is 872. The maximum atomic E-state index is 13.5. The molecule has 0 saturated heterocycles. The zero-order valence-electron chi connectivity index (χ0n) is 13.2. The number of hydrogen-bond donors (Lipinski definition) is 2. The number of H-pyrrole nitrogens is 2. The average Bonchev–Trinajstić information content (AvgIpc) is 3.17. The van der Waals surface area contributed by atoms with Crippen LogP contribution in [0.4, 0.5) is 4.39 Å². The topological polar surface area (TPSA) is 60.6 Å². The van der Waals surface area contributed by atoms with Gasteiger partial charge in [-0.05, 0) is 24.6 Å². The van der Waals surface area contributed by atoms with E-state index in [4.69, 9.17) is 11.6 Å². The van der Waals surface area contributed by atoms with Gasteiger partial charge in [-0.15, -0.1) is 0 Å². The van der Waals surface area contributed by atoms with Gasteiger partial charge in [-0.1, -0.05) is 17.7 Å². The van der Waals surface area contributed by atoms with Crippen molar-refractivity contribution in [3.8, 4) is 0 Å². The Morgan fingerprint density at radius 3 is 2.88 bits per heavy atom. The number of nitrogens with one attached hydrogen (secondary N) is 2. The van der Waals surface area contributed by atoms with Crippen molar-refractivity contribution in [3.63, 3.8) is 0 Å². The van der Waals surface area contributed by atoms with E-state index >= 15 is 0 Å². The molecule has 0 fully saturated rings. The van der Waals surface area contributed by atoms with Crippen molar-refractivity contribution in [1.29, 1.82) is 0 Å². The molecule has 0 saturated carbocycles. The fourth-order valence-corrected chi connectivity index (χ4v) is 3.57. The van der Waals surface area contributed by atoms with Crippen LogP contribution in [0, 0.1) is 12.7 Å². The zero-order valence-corrected chi connectivity index (χ0v) is 13.9. The Labute approximate surface area is 143 Å². The molecule has 0 amide bonds. The summed E-state index contributed by atoms with van der Waals surface area (Å²) in [6.07, 6.45) is 4.29. The first-order valence-electron chi connectivity index (χ1n) is 7.83. The Hall–Kier alpha value is -2.18. The smallest absolute Gasteiger partial charge is 0.124 e. The Balaban J connectivity index is 1.77. The number of aryl methyl sites for hydroxylation is 1. The first-order chi connectivity index (χ1) is 11.6. The van der Waals surface area contributed by atoms with Crippen molar-refractivity contribution < 1.29 is 4.39 Å². The molecule has 4 rings (SSSR count). The van der Waals surface area contributed by atoms with Gasteiger partial charge in [0.15, 0.2) is 0 Å². The molecule has 0 radical (unpaired) electrons. The van der Waals surface area contributed by atoms with Crippen molar-refractivity contribution in [2.45, 2.75) is 25.9 Å². The largest absolute Gasteiger partial charge is 0.348 e. The second kappa shape index (κ2) is 6.03. The Morgan fingerprint density at radius 1 is 1.29 bits per heavy atom. The summed E-state index contributed by atoms with van der Waals surface area (Å²) in [7, 11) is 0. The van der Waals surface area contributed by atoms with Crippen LogP contribution >= 0.6 is 11.6 Å². The lowest BCUT2D eigenvalue weighted by Crippen LogP contribution is -2.36. The quantitative estimate of drug-likeness (QED) is 0.765. The maximum absolute atomic E-state index is 13.5. The molecule has 1 aliphatic rings. The number of halogens is 2. The molecule has 0 spiro atoms. The van der Waals surface area contributed by atoms with Crippen LogP contribution in [0.3, 0.4) is 0 Å². The molecule has 0 bridgehead atoms. The molecule has 5 nitrogen and oxygen atoms in total. The monoisotopic (exact) mass is 345 g/mol. The lowest BCUT2D eigenvalue weighted by molar-refractivity contribution is 0.198. The highest BCUT2D eigenvalue weighted by Crippen LogP contribution is 2.37. The third-order valence-electron chi connectivity index (χ3n) is 4.57. The van der Waals surface area contributed by atoms with Crippen LogP contribution in [-0.2, 0) is 13.0 Å². The summed E-state index contributed by atoms with van der Waals surface area (Å²) < 4.78 is 13.5. The minimum absolute atomic E-state index is 0.121. The summed E-state index contributed by atoms with van der Waals surface area (Å²) in [5.74, 6) is -0.337. The molecule has 2 N–H and O–H groups in total. The third kappa shape index (κ3) is 2.61. The predicted octanol–water partition coefficient (Wildman–Crippen LogP) is 3.38. The molecule has 3 heterocycles. The molecule has 2 aromatic heterocycles. The van der Waals surface area contributed by atoms with E-state index in [0.29, 0.717) is 11.6 Å². The van der Waals surface area contributed by atoms with Crippen LogP contribution in [0.1, 0.15) is 34.4 Å². The van der Waals surface area contributed by atoms with Gasteiger partial charge in [0.05, 0.1) is 30.1 Å². The first kappa shape index (κ1) is 15.4. The number of nitrogens with zero attached hydrogens (tertiary/aromatic N) is 3. The molecule has 24 heavy (non-hydrogen) atoms. The zero-order chi connectivity index (χ0) is 16.7. The average molecular weight is 346 g/mol. The Morgan fingerprint density at radius 2 is 2.12 bits per heavy atom. The summed E-state index contributed by atoms with van der Waals surface area (Å²) in [4.78, 5) is 17.5. The minimum atomic E-state index is -0.337. The summed E-state index contributed by atoms with van der Waals surface area (Å²) in [6.45, 7) is 3.53. The number of aromatic nitrogens is 4. The van der Waals surface area contributed by atoms with Gasteiger partial charge in [-0.25, -0.2) is 14.4 Å². The van der Waals surface area contributed by atoms with E-state index in [1.54, 1.807) is 18.7 Å². The molecule has 1 aromatic carbocycles. The van der Waals surface area contributed by atoms with Crippen molar-refractivity contribution >= 4 is 11.6 Å². The van der Waals surface area contributed by atoms with Crippen LogP contribution in [0.25, 0.3) is 0 Å². The van der Waals surface area contributed by atoms with Gasteiger partial charge in [-0.3, -0.25) is 4.90 Å². The third-order valence-corrected chi connectivity index (χ3v) is 4.90. The molecule has 0 unspecified atom stereocenters. The van der Waals surface area contributed by atoms with Gasteiger partial charge >= 0.3 is 0 Å². The summed E-state index contributed by atoms with van der Waals surface area (Å²) in [5, 5.41) is 0.416. The van der Waals surface area contributed by atoms with Crippen LogP contribution in [0.5, 0.6) is 0 Å². The van der Waals surface area contributed by atoms with E-state index in [2.05, 4.69) is 24.8 Å². The van der Waals surface area contributed by atoms with Crippen molar-refractivity contribution in [1.82, 2.24) is 24.8 Å². The molecule has 0 aliphatic carbocycles. The summed E-state index contributed by atoms with van der Waals surface area (Å²) in [6, 6.07) is 4.43. The molecule has 3 aromatic rings. The standard InChI is InChI=1S/C17H17ClFN5/c1-10-15(22-8-20-10)7-24-5-4-14-16(23-9-21-14)17(24)12-3-2-11(19)6-13(12)18/h2-3,6,8-9,17H,4-5,7H2,1H3,(H,20,22)(H,21,23)/t17-/m1/s1. The molecular formula is C17H17ClFN5. The lowest BCUT2D eigenvalue weighted by atomic mass is 9.95. The molecular weight excluding hydrogens is 329 g/mol. The van der Waals surface area contributed by atoms with Crippen LogP contribution < -0.4 is 0 Å². The van der Waals surface area contributed by atoms with Gasteiger partial charge in [0.1, 0.15) is 5.82 Å². The van der Waals surface area contributed by atoms with Gasteiger partial charge in [0.25, 0.3) is 0 Å². The van der Waals surface area contributed by atoms with E-state index in [1.807, 2.05) is 6.92 Å². The number of rotatable bonds is 3. The fourth-order valence-electron chi connectivity index (χ4n) is 3.30. The van der Waals surface area contributed by atoms with E-state index in [-0.39, 0.29) is 11.9 Å². The second-order valence-electron chi connectivity index (χ2n) is 6.03. The lowest BCUT2D eigenvalue weighted by Gasteiger charge is -2.35. The van der Waals surface area contributed by atoms with Gasteiger partial charge < -0.3 is 9.97 Å². The van der Waals surface area contributed by atoms with Crippen LogP contribution in [0.2, 0.25) is 5.02 Å². The van der Waals surface area contributed by atoms with Gasteiger partial charge in [-0.2, -0.15) is 0 Å². The van der Waals surface area contributed by atoms with E-state index in [1.165, 1.54) is 12.1 Å². The number of imidazole rings is 2. The normalized spacial score (nSPS) is 17.9. The highest BCUT2D eigenvalue weighted by atomic mass is 35.5. The first-order valence-corrected chi connectivity index (χ1v) is 8.21. The van der Waals surface area contributed by atoms with Gasteiger partial charge in [0.2, 0.25) is 0 Å². The van der Waals surface area contributed by atoms with Gasteiger partial charge in [0, 0.05) is 35.9 Å². The van der Waals surface area contributed by atoms with Crippen LogP contribution in [0.15, 0.2) is 30.9 Å². The van der Waals surface area contributed by atoms with E-state index in [9.17, 15) is 4.39 Å². The number of benzene rings is 1. The Kier molecular flexibility index (Phi) is 3.86. The minimum Gasteiger partial charge on any atom is -0.348 e. The molecule has 7 heteroatoms. The van der Waals surface area contributed by atoms with Crippen molar-refractivity contribution in [2.24, 2.45) is 0 Å². The fraction of sp³-hybridized carbons (Fsp3) is 0.294. The van der Waals surface area contributed by atoms with E-state index < -0.39 is 0 Å². The second-order valence-corrected chi connectivity index (χ2v) is 6.44.